The third kappa shape index (κ3) is 66.2. The lowest BCUT2D eigenvalue weighted by molar-refractivity contribution is 0.361. The zero-order valence-electron chi connectivity index (χ0n) is 24.3. The highest BCUT2D eigenvalue weighted by molar-refractivity contribution is 8.16. The zero-order valence-corrected chi connectivity index (χ0v) is 29.4. The molecule has 0 aliphatic heterocycles. The van der Waals surface area contributed by atoms with Gasteiger partial charge in [-0.15, -0.1) is 23.5 Å². The standard InChI is InChI=1S/C26H54S2.2H3O3PS/c1-4-6-8-10-12-14-16-18-20-22-24-27-26(3)28-25-23-21-19-17-15-13-11-9-7-5-2;2*1-4(2,3)5/h26H,4-25H2,1-3H3;2*(H3,1,2,3,5). The van der Waals surface area contributed by atoms with Gasteiger partial charge in [0, 0.05) is 4.58 Å². The second kappa shape index (κ2) is 33.3. The molecule has 0 amide bonds. The lowest BCUT2D eigenvalue weighted by Gasteiger charge is -2.11. The van der Waals surface area contributed by atoms with Gasteiger partial charge >= 0.3 is 13.4 Å². The summed E-state index contributed by atoms with van der Waals surface area (Å²) in [6, 6.07) is 0. The van der Waals surface area contributed by atoms with E-state index in [1.165, 1.54) is 140 Å². The molecule has 0 saturated heterocycles. The Kier molecular flexibility index (Phi) is 38.7. The van der Waals surface area contributed by atoms with Gasteiger partial charge in [-0.3, -0.25) is 0 Å². The van der Waals surface area contributed by atoms with Gasteiger partial charge in [0.2, 0.25) is 0 Å². The first-order valence-electron chi connectivity index (χ1n) is 14.6. The molecular formula is C26H60O6P2S4. The predicted octanol–water partition coefficient (Wildman–Crippen LogP) is 9.02. The molecule has 0 radical (unpaired) electrons. The highest BCUT2D eigenvalue weighted by Crippen LogP contribution is 2.27. The van der Waals surface area contributed by atoms with Crippen molar-refractivity contribution < 1.29 is 29.4 Å². The maximum absolute atomic E-state index is 7.56. The molecule has 6 nitrogen and oxygen atoms in total. The third-order valence-electron chi connectivity index (χ3n) is 5.70. The Morgan fingerprint density at radius 2 is 0.632 bits per heavy atom. The summed E-state index contributed by atoms with van der Waals surface area (Å²) in [6.07, 6.45) is 29.0. The van der Waals surface area contributed by atoms with E-state index in [1.807, 2.05) is 0 Å². The van der Waals surface area contributed by atoms with E-state index < -0.39 is 13.4 Å². The van der Waals surface area contributed by atoms with Crippen molar-refractivity contribution in [1.29, 1.82) is 0 Å². The quantitative estimate of drug-likeness (QED) is 0.0340. The average Bonchev–Trinajstić information content (AvgIpc) is 2.79. The lowest BCUT2D eigenvalue weighted by atomic mass is 10.1. The number of thioether (sulfide) groups is 2. The molecule has 6 N–H and O–H groups in total. The minimum atomic E-state index is -3.81. The van der Waals surface area contributed by atoms with Crippen LogP contribution in [0.4, 0.5) is 0 Å². The van der Waals surface area contributed by atoms with Crippen molar-refractivity contribution in [3.63, 3.8) is 0 Å². The molecule has 0 aromatic heterocycles. The summed E-state index contributed by atoms with van der Waals surface area (Å²) >= 11 is 11.6. The van der Waals surface area contributed by atoms with Gasteiger partial charge in [0.25, 0.3) is 0 Å². The van der Waals surface area contributed by atoms with Crippen LogP contribution in [-0.4, -0.2) is 45.4 Å². The van der Waals surface area contributed by atoms with Gasteiger partial charge in [0.05, 0.1) is 0 Å². The van der Waals surface area contributed by atoms with Crippen LogP contribution >= 0.6 is 37.0 Å². The second-order valence-corrected chi connectivity index (χ2v) is 17.9. The molecule has 0 aromatic rings. The van der Waals surface area contributed by atoms with Gasteiger partial charge in [0.15, 0.2) is 0 Å². The van der Waals surface area contributed by atoms with Crippen molar-refractivity contribution in [3.05, 3.63) is 0 Å². The first-order chi connectivity index (χ1) is 17.8. The van der Waals surface area contributed by atoms with E-state index in [-0.39, 0.29) is 0 Å². The molecule has 0 heterocycles. The van der Waals surface area contributed by atoms with Crippen LogP contribution in [0, 0.1) is 0 Å². The van der Waals surface area contributed by atoms with Crippen LogP contribution in [0.1, 0.15) is 149 Å². The number of hydrogen-bond acceptors (Lipinski definition) is 4. The van der Waals surface area contributed by atoms with Crippen LogP contribution < -0.4 is 0 Å². The average molecular weight is 659 g/mol. The van der Waals surface area contributed by atoms with Crippen LogP contribution in [0.15, 0.2) is 0 Å². The predicted molar refractivity (Wildman–Crippen MR) is 180 cm³/mol. The van der Waals surface area contributed by atoms with Gasteiger partial charge < -0.3 is 29.4 Å². The maximum Gasteiger partial charge on any atom is 0.319 e. The Hall–Kier alpha value is 1.76. The summed E-state index contributed by atoms with van der Waals surface area (Å²) in [4.78, 5) is 45.3. The second-order valence-electron chi connectivity index (χ2n) is 9.70. The molecule has 0 aromatic carbocycles. The van der Waals surface area contributed by atoms with Crippen molar-refractivity contribution in [2.24, 2.45) is 0 Å². The molecule has 0 atom stereocenters. The summed E-state index contributed by atoms with van der Waals surface area (Å²) in [5.41, 5.74) is 0. The highest BCUT2D eigenvalue weighted by atomic mass is 32.5. The van der Waals surface area contributed by atoms with Crippen LogP contribution in [0.2, 0.25) is 0 Å². The van der Waals surface area contributed by atoms with E-state index in [0.717, 1.165) is 4.58 Å². The van der Waals surface area contributed by atoms with Gasteiger partial charge in [-0.25, -0.2) is 0 Å². The lowest BCUT2D eigenvalue weighted by Crippen LogP contribution is -1.94. The SMILES string of the molecule is CCCCCCCCCCCCSC(C)SCCCCCCCCCCCC.OP(O)(O)=S.OP(O)(O)=S. The summed E-state index contributed by atoms with van der Waals surface area (Å²) in [6.45, 7) is -0.591. The first kappa shape index (κ1) is 44.2. The molecule has 12 heteroatoms. The number of hydrogen-bond donors (Lipinski definition) is 6. The first-order valence-corrected chi connectivity index (χ1v) is 22.0. The Morgan fingerprint density at radius 3 is 0.842 bits per heavy atom. The van der Waals surface area contributed by atoms with Gasteiger partial charge in [-0.05, 0) is 54.9 Å². The van der Waals surface area contributed by atoms with Crippen molar-refractivity contribution in [2.75, 3.05) is 11.5 Å². The molecule has 0 rings (SSSR count). The Balaban J connectivity index is -0.00000103. The van der Waals surface area contributed by atoms with Crippen LogP contribution in [0.25, 0.3) is 0 Å². The Bertz CT molecular complexity index is 487. The van der Waals surface area contributed by atoms with Crippen molar-refractivity contribution in [3.8, 4) is 0 Å². The molecule has 0 spiro atoms. The molecule has 234 valence electrons. The van der Waals surface area contributed by atoms with Crippen molar-refractivity contribution in [2.45, 2.75) is 154 Å². The van der Waals surface area contributed by atoms with Gasteiger partial charge in [-0.1, -0.05) is 129 Å². The number of rotatable bonds is 24. The fourth-order valence-electron chi connectivity index (χ4n) is 3.73. The Labute approximate surface area is 254 Å². The molecule has 0 fully saturated rings. The minimum Gasteiger partial charge on any atom is -0.325 e. The maximum atomic E-state index is 7.56. The summed E-state index contributed by atoms with van der Waals surface area (Å²) in [5, 5.41) is 0. The van der Waals surface area contributed by atoms with E-state index in [0.29, 0.717) is 0 Å². The number of unbranched alkanes of at least 4 members (excludes halogenated alkanes) is 18. The smallest absolute Gasteiger partial charge is 0.319 e. The van der Waals surface area contributed by atoms with E-state index in [2.05, 4.69) is 67.9 Å². The summed E-state index contributed by atoms with van der Waals surface area (Å²) < 4.78 is 0.803. The van der Waals surface area contributed by atoms with Crippen molar-refractivity contribution in [1.82, 2.24) is 0 Å². The zero-order chi connectivity index (χ0) is 29.5. The van der Waals surface area contributed by atoms with Crippen LogP contribution in [0.3, 0.4) is 0 Å². The summed E-state index contributed by atoms with van der Waals surface area (Å²) in [5.74, 6) is 2.76. The third-order valence-corrected chi connectivity index (χ3v) is 8.50. The largest absolute Gasteiger partial charge is 0.325 e. The fourth-order valence-corrected chi connectivity index (χ4v) is 6.09. The normalized spacial score (nSPS) is 11.6. The molecule has 38 heavy (non-hydrogen) atoms. The molecule has 0 unspecified atom stereocenters. The monoisotopic (exact) mass is 658 g/mol. The Morgan fingerprint density at radius 1 is 0.447 bits per heavy atom. The van der Waals surface area contributed by atoms with E-state index in [1.54, 1.807) is 0 Å². The molecular weight excluding hydrogens is 598 g/mol. The van der Waals surface area contributed by atoms with E-state index in [4.69, 9.17) is 29.4 Å². The van der Waals surface area contributed by atoms with E-state index in [9.17, 15) is 0 Å². The van der Waals surface area contributed by atoms with Crippen LogP contribution in [0.5, 0.6) is 0 Å². The molecule has 0 saturated carbocycles. The van der Waals surface area contributed by atoms with Crippen molar-refractivity contribution >= 4 is 60.6 Å². The van der Waals surface area contributed by atoms with Crippen LogP contribution in [-0.2, 0) is 23.6 Å². The topological polar surface area (TPSA) is 121 Å². The highest BCUT2D eigenvalue weighted by Gasteiger charge is 2.03. The molecule has 0 aliphatic rings. The molecule has 0 aliphatic carbocycles. The van der Waals surface area contributed by atoms with E-state index >= 15 is 0 Å². The minimum absolute atomic E-state index is 0.803. The summed E-state index contributed by atoms with van der Waals surface area (Å²) in [7, 11) is 0. The fraction of sp³-hybridized carbons (Fsp3) is 1.00. The molecule has 0 bridgehead atoms. The van der Waals surface area contributed by atoms with Gasteiger partial charge in [-0.2, -0.15) is 0 Å². The van der Waals surface area contributed by atoms with Gasteiger partial charge in [0.1, 0.15) is 0 Å².